The van der Waals surface area contributed by atoms with Crippen LogP contribution < -0.4 is 0 Å². The second-order valence-corrected chi connectivity index (χ2v) is 5.53. The van der Waals surface area contributed by atoms with Gasteiger partial charge in [-0.2, -0.15) is 0 Å². The van der Waals surface area contributed by atoms with Crippen LogP contribution in [0.5, 0.6) is 0 Å². The van der Waals surface area contributed by atoms with Crippen LogP contribution in [-0.2, 0) is 14.2 Å². The fraction of sp³-hybridized carbons (Fsp3) is 1.00. The van der Waals surface area contributed by atoms with Crippen LogP contribution in [0.15, 0.2) is 0 Å². The molecule has 0 spiro atoms. The van der Waals surface area contributed by atoms with Crippen molar-refractivity contribution in [2.24, 2.45) is 0 Å². The molecule has 136 valence electrons. The van der Waals surface area contributed by atoms with Crippen LogP contribution in [-0.4, -0.2) is 115 Å². The molecular weight excluding hydrogens is 320 g/mol. The molecule has 0 saturated carbocycles. The number of aliphatic hydroxyl groups is 8. The first kappa shape index (κ1) is 18.9. The average Bonchev–Trinajstić information content (AvgIpc) is 2.55. The lowest BCUT2D eigenvalue weighted by molar-refractivity contribution is -0.355. The third-order valence-electron chi connectivity index (χ3n) is 3.98. The lowest BCUT2D eigenvalue weighted by Gasteiger charge is -2.45. The molecule has 0 amide bonds. The van der Waals surface area contributed by atoms with Gasteiger partial charge in [0.15, 0.2) is 12.6 Å². The summed E-state index contributed by atoms with van der Waals surface area (Å²) in [6, 6.07) is 0. The number of ether oxygens (including phenoxy) is 3. The Bertz CT molecular complexity index is 378. The molecule has 2 fully saturated rings. The first-order valence-electron chi connectivity index (χ1n) is 7.08. The molecule has 0 bridgehead atoms. The minimum Gasteiger partial charge on any atom is -0.394 e. The molecular formula is C12H22O11. The maximum atomic E-state index is 9.94. The van der Waals surface area contributed by atoms with E-state index in [9.17, 15) is 35.7 Å². The Balaban J connectivity index is 2.11. The van der Waals surface area contributed by atoms with Crippen molar-refractivity contribution in [3.63, 3.8) is 0 Å². The van der Waals surface area contributed by atoms with Crippen molar-refractivity contribution in [2.75, 3.05) is 13.2 Å². The molecule has 2 aliphatic heterocycles. The highest BCUT2D eigenvalue weighted by Crippen LogP contribution is 2.28. The van der Waals surface area contributed by atoms with E-state index in [4.69, 9.17) is 19.3 Å². The number of aliphatic hydroxyl groups excluding tert-OH is 8. The van der Waals surface area contributed by atoms with Gasteiger partial charge >= 0.3 is 0 Å². The van der Waals surface area contributed by atoms with E-state index < -0.39 is 74.6 Å². The Hall–Kier alpha value is -0.440. The smallest absolute Gasteiger partial charge is 0.187 e. The van der Waals surface area contributed by atoms with Crippen LogP contribution in [0.1, 0.15) is 0 Å². The highest BCUT2D eigenvalue weighted by molar-refractivity contribution is 4.93. The van der Waals surface area contributed by atoms with Gasteiger partial charge in [-0.05, 0) is 0 Å². The van der Waals surface area contributed by atoms with Gasteiger partial charge < -0.3 is 55.1 Å². The SMILES string of the molecule is OCC1O[C@@H](O[C@H]2C(O)C(O)[C@@H](O)O[C@H]2CO)C(O)[C@@H](O)[C@H]1O. The molecule has 11 nitrogen and oxygen atoms in total. The summed E-state index contributed by atoms with van der Waals surface area (Å²) in [5, 5.41) is 76.5. The van der Waals surface area contributed by atoms with E-state index in [1.54, 1.807) is 0 Å². The third kappa shape index (κ3) is 3.65. The highest BCUT2D eigenvalue weighted by Gasteiger charge is 2.50. The van der Waals surface area contributed by atoms with E-state index in [1.165, 1.54) is 0 Å². The van der Waals surface area contributed by atoms with E-state index in [0.29, 0.717) is 0 Å². The minimum atomic E-state index is -1.74. The predicted molar refractivity (Wildman–Crippen MR) is 68.6 cm³/mol. The molecule has 8 N–H and O–H groups in total. The van der Waals surface area contributed by atoms with E-state index in [2.05, 4.69) is 0 Å². The summed E-state index contributed by atoms with van der Waals surface area (Å²) in [5.41, 5.74) is 0. The predicted octanol–water partition coefficient (Wildman–Crippen LogP) is -5.40. The Labute approximate surface area is 130 Å². The average molecular weight is 342 g/mol. The molecule has 0 aliphatic carbocycles. The maximum Gasteiger partial charge on any atom is 0.187 e. The molecule has 2 aliphatic rings. The van der Waals surface area contributed by atoms with Gasteiger partial charge in [-0.3, -0.25) is 0 Å². The lowest BCUT2D eigenvalue weighted by Crippen LogP contribution is -2.64. The molecule has 10 atom stereocenters. The van der Waals surface area contributed by atoms with Crippen molar-refractivity contribution in [3.05, 3.63) is 0 Å². The fourth-order valence-electron chi connectivity index (χ4n) is 2.57. The molecule has 0 radical (unpaired) electrons. The Morgan fingerprint density at radius 2 is 1.26 bits per heavy atom. The molecule has 2 rings (SSSR count). The van der Waals surface area contributed by atoms with Crippen molar-refractivity contribution < 1.29 is 55.1 Å². The third-order valence-corrected chi connectivity index (χ3v) is 3.98. The Morgan fingerprint density at radius 3 is 1.83 bits per heavy atom. The van der Waals surface area contributed by atoms with E-state index >= 15 is 0 Å². The zero-order chi connectivity index (χ0) is 17.3. The fourth-order valence-corrected chi connectivity index (χ4v) is 2.57. The van der Waals surface area contributed by atoms with Crippen LogP contribution in [0.3, 0.4) is 0 Å². The van der Waals surface area contributed by atoms with Crippen molar-refractivity contribution in [3.8, 4) is 0 Å². The molecule has 2 heterocycles. The van der Waals surface area contributed by atoms with Crippen LogP contribution in [0, 0.1) is 0 Å². The second kappa shape index (κ2) is 7.63. The van der Waals surface area contributed by atoms with E-state index in [-0.39, 0.29) is 0 Å². The molecule has 4 unspecified atom stereocenters. The normalized spacial score (nSPS) is 51.7. The summed E-state index contributed by atoms with van der Waals surface area (Å²) in [7, 11) is 0. The molecule has 11 heteroatoms. The van der Waals surface area contributed by atoms with E-state index in [1.807, 2.05) is 0 Å². The quantitative estimate of drug-likeness (QED) is 0.243. The molecule has 23 heavy (non-hydrogen) atoms. The van der Waals surface area contributed by atoms with Crippen molar-refractivity contribution in [1.29, 1.82) is 0 Å². The van der Waals surface area contributed by atoms with Crippen LogP contribution in [0.25, 0.3) is 0 Å². The summed E-state index contributed by atoms with van der Waals surface area (Å²) in [4.78, 5) is 0. The highest BCUT2D eigenvalue weighted by atomic mass is 16.7. The van der Waals surface area contributed by atoms with Crippen LogP contribution >= 0.6 is 0 Å². The standard InChI is InChI=1S/C12H22O11/c13-1-3-5(15)6(16)9(19)12(22-3)23-10-4(2-14)21-11(20)8(18)7(10)17/h3-20H,1-2H2/t3?,4-,5-,6-,7?,8?,9?,10+,11-,12-/m0/s1. The van der Waals surface area contributed by atoms with Crippen molar-refractivity contribution in [2.45, 2.75) is 61.4 Å². The first-order chi connectivity index (χ1) is 10.8. The summed E-state index contributed by atoms with van der Waals surface area (Å²) < 4.78 is 15.3. The number of hydrogen-bond donors (Lipinski definition) is 8. The van der Waals surface area contributed by atoms with Gasteiger partial charge in [0.1, 0.15) is 48.8 Å². The van der Waals surface area contributed by atoms with Gasteiger partial charge in [0.2, 0.25) is 0 Å². The minimum absolute atomic E-state index is 0.667. The summed E-state index contributed by atoms with van der Waals surface area (Å²) in [5.74, 6) is 0. The second-order valence-electron chi connectivity index (χ2n) is 5.53. The van der Waals surface area contributed by atoms with Crippen molar-refractivity contribution in [1.82, 2.24) is 0 Å². The molecule has 0 aromatic heterocycles. The van der Waals surface area contributed by atoms with E-state index in [0.717, 1.165) is 0 Å². The van der Waals surface area contributed by atoms with Gasteiger partial charge in [-0.25, -0.2) is 0 Å². The largest absolute Gasteiger partial charge is 0.394 e. The van der Waals surface area contributed by atoms with Gasteiger partial charge in [0, 0.05) is 0 Å². The number of rotatable bonds is 4. The topological polar surface area (TPSA) is 190 Å². The van der Waals surface area contributed by atoms with Gasteiger partial charge in [0.05, 0.1) is 13.2 Å². The Kier molecular flexibility index (Phi) is 6.27. The van der Waals surface area contributed by atoms with Gasteiger partial charge in [-0.1, -0.05) is 0 Å². The van der Waals surface area contributed by atoms with Crippen molar-refractivity contribution >= 4 is 0 Å². The number of hydrogen-bond acceptors (Lipinski definition) is 11. The lowest BCUT2D eigenvalue weighted by atomic mass is 9.97. The summed E-state index contributed by atoms with van der Waals surface area (Å²) in [6.07, 6.45) is -15.6. The maximum absolute atomic E-state index is 9.94. The van der Waals surface area contributed by atoms with Gasteiger partial charge in [-0.15, -0.1) is 0 Å². The van der Waals surface area contributed by atoms with Crippen LogP contribution in [0.2, 0.25) is 0 Å². The monoisotopic (exact) mass is 342 g/mol. The van der Waals surface area contributed by atoms with Crippen LogP contribution in [0.4, 0.5) is 0 Å². The zero-order valence-corrected chi connectivity index (χ0v) is 12.0. The first-order valence-corrected chi connectivity index (χ1v) is 7.08. The Morgan fingerprint density at radius 1 is 0.652 bits per heavy atom. The van der Waals surface area contributed by atoms with Gasteiger partial charge in [0.25, 0.3) is 0 Å². The molecule has 2 saturated heterocycles. The zero-order valence-electron chi connectivity index (χ0n) is 12.0. The summed E-state index contributed by atoms with van der Waals surface area (Å²) >= 11 is 0. The molecule has 0 aromatic carbocycles. The molecule has 0 aromatic rings. The summed E-state index contributed by atoms with van der Waals surface area (Å²) in [6.45, 7) is -1.35.